The zero-order valence-electron chi connectivity index (χ0n) is 11.1. The lowest BCUT2D eigenvalue weighted by Crippen LogP contribution is -2.27. The lowest BCUT2D eigenvalue weighted by molar-refractivity contribution is -0.127. The predicted molar refractivity (Wildman–Crippen MR) is 86.1 cm³/mol. The number of rotatable bonds is 3. The van der Waals surface area contributed by atoms with Crippen molar-refractivity contribution in [3.8, 4) is 5.69 Å². The Morgan fingerprint density at radius 3 is 2.75 bits per heavy atom. The molecule has 2 heterocycles. The van der Waals surface area contributed by atoms with Crippen LogP contribution in [0.4, 0.5) is 0 Å². The van der Waals surface area contributed by atoms with Gasteiger partial charge in [-0.05, 0) is 37.3 Å². The van der Waals surface area contributed by atoms with Crippen LogP contribution in [0.5, 0.6) is 0 Å². The summed E-state index contributed by atoms with van der Waals surface area (Å²) in [4.78, 5) is 13.7. The van der Waals surface area contributed by atoms with Gasteiger partial charge in [-0.25, -0.2) is 0 Å². The van der Waals surface area contributed by atoms with E-state index in [0.717, 1.165) is 16.7 Å². The van der Waals surface area contributed by atoms with Crippen molar-refractivity contribution < 1.29 is 4.79 Å². The summed E-state index contributed by atoms with van der Waals surface area (Å²) < 4.78 is 3.17. The largest absolute Gasteiger partial charge is 0.326 e. The molecule has 1 atom stereocenters. The molecule has 0 N–H and O–H groups in total. The first kappa shape index (κ1) is 13.8. The van der Waals surface area contributed by atoms with Crippen LogP contribution >= 0.6 is 27.7 Å². The lowest BCUT2D eigenvalue weighted by Gasteiger charge is -2.21. The predicted octanol–water partition coefficient (Wildman–Crippen LogP) is 3.83. The molecule has 1 amide bonds. The number of benzene rings is 1. The molecular weight excluding hydrogens is 336 g/mol. The fraction of sp³-hybridized carbons (Fsp3) is 0.267. The van der Waals surface area contributed by atoms with Gasteiger partial charge in [0.05, 0.1) is 5.75 Å². The molecule has 0 bridgehead atoms. The van der Waals surface area contributed by atoms with Crippen LogP contribution in [-0.4, -0.2) is 27.7 Å². The molecule has 1 aliphatic rings. The van der Waals surface area contributed by atoms with Gasteiger partial charge in [-0.2, -0.15) is 0 Å². The van der Waals surface area contributed by atoms with Crippen LogP contribution in [0.2, 0.25) is 0 Å². The monoisotopic (exact) mass is 350 g/mol. The van der Waals surface area contributed by atoms with E-state index in [2.05, 4.69) is 51.1 Å². The van der Waals surface area contributed by atoms with Crippen LogP contribution in [0.15, 0.2) is 47.2 Å². The second-order valence-electron chi connectivity index (χ2n) is 4.67. The first-order valence-corrected chi connectivity index (χ1v) is 8.38. The summed E-state index contributed by atoms with van der Waals surface area (Å²) in [6, 6.07) is 10.3. The third-order valence-electron chi connectivity index (χ3n) is 3.43. The van der Waals surface area contributed by atoms with Crippen LogP contribution in [0.25, 0.3) is 5.69 Å². The number of hydrogen-bond acceptors (Lipinski definition) is 2. The minimum Gasteiger partial charge on any atom is -0.326 e. The van der Waals surface area contributed by atoms with Crippen molar-refractivity contribution in [3.63, 3.8) is 0 Å². The highest BCUT2D eigenvalue weighted by molar-refractivity contribution is 9.10. The van der Waals surface area contributed by atoms with Crippen molar-refractivity contribution >= 4 is 33.6 Å². The van der Waals surface area contributed by atoms with Crippen molar-refractivity contribution in [2.24, 2.45) is 0 Å². The zero-order valence-corrected chi connectivity index (χ0v) is 13.5. The average Bonchev–Trinajstić information content (AvgIpc) is 3.06. The minimum absolute atomic E-state index is 0.157. The van der Waals surface area contributed by atoms with Gasteiger partial charge in [0.15, 0.2) is 0 Å². The Kier molecular flexibility index (Phi) is 3.89. The average molecular weight is 351 g/mol. The Labute approximate surface area is 131 Å². The third kappa shape index (κ3) is 2.52. The molecule has 0 spiro atoms. The molecule has 3 rings (SSSR count). The molecule has 1 aromatic heterocycles. The van der Waals surface area contributed by atoms with Gasteiger partial charge in [0.2, 0.25) is 5.91 Å². The summed E-state index contributed by atoms with van der Waals surface area (Å²) in [5, 5.41) is 0.157. The number of hydrogen-bond donors (Lipinski definition) is 0. The molecule has 1 aromatic carbocycles. The number of amides is 1. The summed E-state index contributed by atoms with van der Waals surface area (Å²) in [6.07, 6.45) is 4.16. The van der Waals surface area contributed by atoms with E-state index in [0.29, 0.717) is 5.75 Å². The summed E-state index contributed by atoms with van der Waals surface area (Å²) in [5.74, 6) is 0.820. The van der Waals surface area contributed by atoms with Gasteiger partial charge in [-0.3, -0.25) is 4.79 Å². The smallest absolute Gasteiger partial charge is 0.233 e. The number of halogens is 1. The molecule has 1 unspecified atom stereocenters. The molecule has 0 saturated carbocycles. The highest BCUT2D eigenvalue weighted by Crippen LogP contribution is 2.38. The Hall–Kier alpha value is -1.20. The minimum atomic E-state index is 0.157. The third-order valence-corrected chi connectivity index (χ3v) is 5.22. The lowest BCUT2D eigenvalue weighted by atomic mass is 10.3. The van der Waals surface area contributed by atoms with Crippen molar-refractivity contribution in [1.82, 2.24) is 9.47 Å². The van der Waals surface area contributed by atoms with Gasteiger partial charge in [-0.1, -0.05) is 15.9 Å². The van der Waals surface area contributed by atoms with E-state index in [9.17, 15) is 4.79 Å². The number of nitrogens with zero attached hydrogens (tertiary/aromatic N) is 2. The van der Waals surface area contributed by atoms with Gasteiger partial charge in [0.25, 0.3) is 0 Å². The number of carbonyl (C=O) groups excluding carboxylic acids is 1. The van der Waals surface area contributed by atoms with Crippen molar-refractivity contribution in [2.45, 2.75) is 12.3 Å². The van der Waals surface area contributed by atoms with E-state index in [1.54, 1.807) is 11.8 Å². The Morgan fingerprint density at radius 2 is 2.05 bits per heavy atom. The Balaban J connectivity index is 1.87. The molecule has 3 nitrogen and oxygen atoms in total. The summed E-state index contributed by atoms with van der Waals surface area (Å²) in [7, 11) is 0. The quantitative estimate of drug-likeness (QED) is 0.840. The van der Waals surface area contributed by atoms with E-state index in [4.69, 9.17) is 0 Å². The maximum absolute atomic E-state index is 11.8. The number of aromatic nitrogens is 1. The Bertz CT molecular complexity index is 623. The van der Waals surface area contributed by atoms with E-state index in [1.165, 1.54) is 5.56 Å². The topological polar surface area (TPSA) is 25.2 Å². The maximum Gasteiger partial charge on any atom is 0.233 e. The van der Waals surface area contributed by atoms with E-state index < -0.39 is 0 Å². The molecular formula is C15H15BrN2OS. The highest BCUT2D eigenvalue weighted by Gasteiger charge is 2.31. The molecule has 1 aliphatic heterocycles. The van der Waals surface area contributed by atoms with Gasteiger partial charge in [-0.15, -0.1) is 11.8 Å². The summed E-state index contributed by atoms with van der Waals surface area (Å²) in [6.45, 7) is 2.79. The molecule has 0 radical (unpaired) electrons. The van der Waals surface area contributed by atoms with Crippen molar-refractivity contribution in [2.75, 3.05) is 12.3 Å². The van der Waals surface area contributed by atoms with Gasteiger partial charge in [0, 0.05) is 34.7 Å². The van der Waals surface area contributed by atoms with E-state index in [1.807, 2.05) is 24.0 Å². The summed E-state index contributed by atoms with van der Waals surface area (Å²) >= 11 is 5.15. The molecule has 1 saturated heterocycles. The zero-order chi connectivity index (χ0) is 14.1. The second-order valence-corrected chi connectivity index (χ2v) is 6.66. The molecule has 104 valence electrons. The SMILES string of the molecule is CCN1C(=O)CSC1c1ccn(-c2ccc(Br)cc2)c1. The number of thioether (sulfide) groups is 1. The molecule has 20 heavy (non-hydrogen) atoms. The van der Waals surface area contributed by atoms with Gasteiger partial charge in [0.1, 0.15) is 5.37 Å². The summed E-state index contributed by atoms with van der Waals surface area (Å²) in [5.41, 5.74) is 2.31. The first-order valence-electron chi connectivity index (χ1n) is 6.54. The second kappa shape index (κ2) is 5.66. The van der Waals surface area contributed by atoms with Crippen LogP contribution < -0.4 is 0 Å². The molecule has 0 aliphatic carbocycles. The van der Waals surface area contributed by atoms with E-state index in [-0.39, 0.29) is 11.3 Å². The molecule has 1 fully saturated rings. The Morgan fingerprint density at radius 1 is 1.30 bits per heavy atom. The van der Waals surface area contributed by atoms with Crippen LogP contribution in [0.3, 0.4) is 0 Å². The van der Waals surface area contributed by atoms with Crippen LogP contribution in [-0.2, 0) is 4.79 Å². The molecule has 2 aromatic rings. The van der Waals surface area contributed by atoms with Gasteiger partial charge < -0.3 is 9.47 Å². The van der Waals surface area contributed by atoms with E-state index >= 15 is 0 Å². The fourth-order valence-corrected chi connectivity index (χ4v) is 3.91. The number of carbonyl (C=O) groups is 1. The van der Waals surface area contributed by atoms with Crippen LogP contribution in [0, 0.1) is 0 Å². The highest BCUT2D eigenvalue weighted by atomic mass is 79.9. The maximum atomic E-state index is 11.8. The fourth-order valence-electron chi connectivity index (χ4n) is 2.41. The van der Waals surface area contributed by atoms with Crippen molar-refractivity contribution in [1.29, 1.82) is 0 Å². The van der Waals surface area contributed by atoms with Crippen LogP contribution in [0.1, 0.15) is 17.9 Å². The molecule has 5 heteroatoms. The van der Waals surface area contributed by atoms with Gasteiger partial charge >= 0.3 is 0 Å². The standard InChI is InChI=1S/C15H15BrN2OS/c1-2-18-14(19)10-20-15(18)11-7-8-17(9-11)13-5-3-12(16)4-6-13/h3-9,15H,2,10H2,1H3. The van der Waals surface area contributed by atoms with Crippen molar-refractivity contribution in [3.05, 3.63) is 52.8 Å². The normalized spacial score (nSPS) is 18.8. The first-order chi connectivity index (χ1) is 9.69.